The molecule has 1 aromatic carbocycles. The Hall–Kier alpha value is -1.39. The van der Waals surface area contributed by atoms with Gasteiger partial charge >= 0.3 is 18.0 Å². The summed E-state index contributed by atoms with van der Waals surface area (Å²) in [6, 6.07) is 7.29. The summed E-state index contributed by atoms with van der Waals surface area (Å²) < 4.78 is 114. The van der Waals surface area contributed by atoms with Crippen LogP contribution in [-0.4, -0.2) is 34.8 Å². The van der Waals surface area contributed by atoms with E-state index >= 15 is 0 Å². The zero-order chi connectivity index (χ0) is 19.5. The molecule has 0 aliphatic rings. The van der Waals surface area contributed by atoms with Crippen molar-refractivity contribution in [1.82, 2.24) is 0 Å². The highest BCUT2D eigenvalue weighted by molar-refractivity contribution is 8.14. The lowest BCUT2D eigenvalue weighted by Gasteiger charge is -2.30. The minimum absolute atomic E-state index is 0.143. The van der Waals surface area contributed by atoms with Gasteiger partial charge in [0.05, 0.1) is 6.42 Å². The van der Waals surface area contributed by atoms with Crippen LogP contribution in [0.3, 0.4) is 0 Å². The summed E-state index contributed by atoms with van der Waals surface area (Å²) in [4.78, 5) is 11.6. The van der Waals surface area contributed by atoms with Crippen molar-refractivity contribution in [2.24, 2.45) is 0 Å². The summed E-state index contributed by atoms with van der Waals surface area (Å²) in [5, 5.41) is -0.663. The second-order valence-electron chi connectivity index (χ2n) is 5.06. The van der Waals surface area contributed by atoms with Crippen LogP contribution in [0.4, 0.5) is 39.5 Å². The molecule has 0 radical (unpaired) electrons. The van der Waals surface area contributed by atoms with Gasteiger partial charge in [0, 0.05) is 17.7 Å². The average Bonchev–Trinajstić information content (AvgIpc) is 2.45. The Morgan fingerprint density at radius 3 is 1.88 bits per heavy atom. The van der Waals surface area contributed by atoms with Crippen LogP contribution in [0, 0.1) is 0 Å². The van der Waals surface area contributed by atoms with Crippen molar-refractivity contribution in [3.8, 4) is 0 Å². The van der Waals surface area contributed by atoms with Gasteiger partial charge in [-0.1, -0.05) is 42.1 Å². The van der Waals surface area contributed by atoms with Crippen molar-refractivity contribution < 1.29 is 44.3 Å². The normalized spacial score (nSPS) is 13.8. The molecule has 25 heavy (non-hydrogen) atoms. The van der Waals surface area contributed by atoms with Gasteiger partial charge in [-0.25, -0.2) is 8.78 Å². The number of carbonyl (C=O) groups excluding carboxylic acids is 1. The van der Waals surface area contributed by atoms with Crippen LogP contribution in [0.25, 0.3) is 0 Å². The Kier molecular flexibility index (Phi) is 6.47. The van der Waals surface area contributed by atoms with Gasteiger partial charge < -0.3 is 0 Å². The minimum Gasteiger partial charge on any atom is -0.282 e. The van der Waals surface area contributed by atoms with Gasteiger partial charge in [0.15, 0.2) is 0 Å². The fourth-order valence-corrected chi connectivity index (χ4v) is 2.57. The van der Waals surface area contributed by atoms with E-state index in [4.69, 9.17) is 0 Å². The Morgan fingerprint density at radius 2 is 1.40 bits per heavy atom. The number of hydrogen-bond donors (Lipinski definition) is 0. The third-order valence-electron chi connectivity index (χ3n) is 3.01. The summed E-state index contributed by atoms with van der Waals surface area (Å²) in [6.07, 6.45) is -11.1. The predicted molar refractivity (Wildman–Crippen MR) is 73.4 cm³/mol. The molecule has 1 aromatic rings. The van der Waals surface area contributed by atoms with Gasteiger partial charge in [-0.2, -0.15) is 30.7 Å². The molecule has 0 saturated heterocycles. The van der Waals surface area contributed by atoms with Gasteiger partial charge in [0.25, 0.3) is 5.92 Å². The molecule has 0 atom stereocenters. The molecule has 11 heteroatoms. The number of alkyl halides is 9. The first-order chi connectivity index (χ1) is 11.2. The van der Waals surface area contributed by atoms with E-state index in [0.717, 1.165) is 0 Å². The average molecular weight is 398 g/mol. The predicted octanol–water partition coefficient (Wildman–Crippen LogP) is 5.81. The first kappa shape index (κ1) is 21.7. The van der Waals surface area contributed by atoms with E-state index < -0.39 is 47.7 Å². The Labute approximate surface area is 140 Å². The van der Waals surface area contributed by atoms with E-state index in [1.807, 2.05) is 0 Å². The van der Waals surface area contributed by atoms with E-state index in [1.54, 1.807) is 6.07 Å². The highest BCUT2D eigenvalue weighted by Gasteiger charge is 2.74. The van der Waals surface area contributed by atoms with Crippen molar-refractivity contribution in [3.63, 3.8) is 0 Å². The second-order valence-corrected chi connectivity index (χ2v) is 6.13. The molecule has 0 aliphatic heterocycles. The molecular weight excluding hydrogens is 387 g/mol. The number of halogens is 9. The van der Waals surface area contributed by atoms with Gasteiger partial charge in [0.2, 0.25) is 5.12 Å². The van der Waals surface area contributed by atoms with Crippen molar-refractivity contribution in [2.45, 2.75) is 36.8 Å². The SMILES string of the molecule is O=C(SCCC(F)(F)CC(F)(F)C(F)(F)C(F)(F)F)c1ccccc1. The van der Waals surface area contributed by atoms with Crippen LogP contribution >= 0.6 is 11.8 Å². The minimum atomic E-state index is -6.66. The molecular formula is C14H11F9OS. The lowest BCUT2D eigenvalue weighted by molar-refractivity contribution is -0.362. The van der Waals surface area contributed by atoms with Crippen molar-refractivity contribution >= 4 is 16.9 Å². The highest BCUT2D eigenvalue weighted by Crippen LogP contribution is 2.50. The van der Waals surface area contributed by atoms with Crippen LogP contribution in [0.5, 0.6) is 0 Å². The zero-order valence-corrected chi connectivity index (χ0v) is 13.0. The molecule has 1 rings (SSSR count). The molecule has 1 nitrogen and oxygen atoms in total. The van der Waals surface area contributed by atoms with E-state index in [9.17, 15) is 44.3 Å². The summed E-state index contributed by atoms with van der Waals surface area (Å²) in [7, 11) is 0. The molecule has 0 N–H and O–H groups in total. The summed E-state index contributed by atoms with van der Waals surface area (Å²) in [6.45, 7) is 0. The Bertz CT molecular complexity index is 584. The second kappa shape index (κ2) is 7.46. The highest BCUT2D eigenvalue weighted by atomic mass is 32.2. The lowest BCUT2D eigenvalue weighted by Crippen LogP contribution is -2.54. The summed E-state index contributed by atoms with van der Waals surface area (Å²) in [5.74, 6) is -17.8. The molecule has 0 spiro atoms. The summed E-state index contributed by atoms with van der Waals surface area (Å²) >= 11 is 0.322. The van der Waals surface area contributed by atoms with Crippen LogP contribution in [-0.2, 0) is 0 Å². The first-order valence-electron chi connectivity index (χ1n) is 6.62. The number of rotatable bonds is 7. The van der Waals surface area contributed by atoms with Crippen molar-refractivity contribution in [3.05, 3.63) is 35.9 Å². The standard InChI is InChI=1S/C14H11F9OS/c15-11(16,8-12(17,18)13(19,20)14(21,22)23)6-7-25-10(24)9-4-2-1-3-5-9/h1-5H,6-8H2. The van der Waals surface area contributed by atoms with Crippen molar-refractivity contribution in [1.29, 1.82) is 0 Å². The number of carbonyl (C=O) groups is 1. The van der Waals surface area contributed by atoms with Crippen LogP contribution in [0.2, 0.25) is 0 Å². The van der Waals surface area contributed by atoms with Gasteiger partial charge in [0.1, 0.15) is 0 Å². The van der Waals surface area contributed by atoms with Crippen molar-refractivity contribution in [2.75, 3.05) is 5.75 Å². The Morgan fingerprint density at radius 1 is 0.880 bits per heavy atom. The molecule has 0 amide bonds. The van der Waals surface area contributed by atoms with Crippen LogP contribution in [0.15, 0.2) is 30.3 Å². The van der Waals surface area contributed by atoms with Crippen LogP contribution in [0.1, 0.15) is 23.2 Å². The monoisotopic (exact) mass is 398 g/mol. The molecule has 0 unspecified atom stereocenters. The number of thioether (sulfide) groups is 1. The maximum Gasteiger partial charge on any atom is 0.459 e. The molecule has 0 heterocycles. The van der Waals surface area contributed by atoms with Gasteiger partial charge in [-0.15, -0.1) is 0 Å². The van der Waals surface area contributed by atoms with E-state index in [1.165, 1.54) is 24.3 Å². The Balaban J connectivity index is 2.65. The molecule has 0 saturated carbocycles. The zero-order valence-electron chi connectivity index (χ0n) is 12.2. The molecule has 0 bridgehead atoms. The van der Waals surface area contributed by atoms with Crippen LogP contribution < -0.4 is 0 Å². The number of benzene rings is 1. The van der Waals surface area contributed by atoms with Gasteiger partial charge in [-0.05, 0) is 0 Å². The van der Waals surface area contributed by atoms with E-state index in [0.29, 0.717) is 11.8 Å². The quantitative estimate of drug-likeness (QED) is 0.540. The number of hydrogen-bond acceptors (Lipinski definition) is 2. The van der Waals surface area contributed by atoms with Gasteiger partial charge in [-0.3, -0.25) is 4.79 Å². The lowest BCUT2D eigenvalue weighted by atomic mass is 10.0. The molecule has 142 valence electrons. The third kappa shape index (κ3) is 5.55. The maximum atomic E-state index is 13.4. The smallest absolute Gasteiger partial charge is 0.282 e. The maximum absolute atomic E-state index is 13.4. The fourth-order valence-electron chi connectivity index (χ4n) is 1.68. The molecule has 0 aliphatic carbocycles. The summed E-state index contributed by atoms with van der Waals surface area (Å²) in [5.41, 5.74) is 0.143. The topological polar surface area (TPSA) is 17.1 Å². The molecule has 0 aromatic heterocycles. The fraction of sp³-hybridized carbons (Fsp3) is 0.500. The van der Waals surface area contributed by atoms with E-state index in [2.05, 4.69) is 0 Å². The van der Waals surface area contributed by atoms with E-state index in [-0.39, 0.29) is 5.56 Å². The first-order valence-corrected chi connectivity index (χ1v) is 7.60. The third-order valence-corrected chi connectivity index (χ3v) is 3.91. The molecule has 0 fully saturated rings. The largest absolute Gasteiger partial charge is 0.459 e.